The Bertz CT molecular complexity index is 344. The monoisotopic (exact) mass is 238 g/mol. The number of amides is 1. The van der Waals surface area contributed by atoms with Crippen LogP contribution in [0, 0.1) is 0 Å². The van der Waals surface area contributed by atoms with Crippen LogP contribution in [-0.4, -0.2) is 33.7 Å². The summed E-state index contributed by atoms with van der Waals surface area (Å²) < 4.78 is 0. The third-order valence-corrected chi connectivity index (χ3v) is 3.39. The number of hydrogen-bond donors (Lipinski definition) is 1. The lowest BCUT2D eigenvalue weighted by Crippen LogP contribution is -2.32. The largest absolute Gasteiger partial charge is 0.481 e. The lowest BCUT2D eigenvalue weighted by molar-refractivity contribution is -0.135. The van der Waals surface area contributed by atoms with E-state index in [0.29, 0.717) is 5.71 Å². The van der Waals surface area contributed by atoms with Crippen molar-refractivity contribution in [2.45, 2.75) is 57.4 Å². The third kappa shape index (κ3) is 3.05. The maximum Gasteiger partial charge on any atom is 0.309 e. The summed E-state index contributed by atoms with van der Waals surface area (Å²) in [5.74, 6) is -0.951. The third-order valence-electron chi connectivity index (χ3n) is 3.39. The van der Waals surface area contributed by atoms with Crippen LogP contribution < -0.4 is 0 Å². The molecule has 2 rings (SSSR count). The van der Waals surface area contributed by atoms with Gasteiger partial charge < -0.3 is 5.11 Å². The normalized spacial score (nSPS) is 22.5. The number of carbonyl (C=O) groups is 2. The Hall–Kier alpha value is -1.39. The molecule has 1 N–H and O–H groups in total. The maximum absolute atomic E-state index is 11.8. The van der Waals surface area contributed by atoms with E-state index in [2.05, 4.69) is 5.10 Å². The molecule has 0 aromatic carbocycles. The summed E-state index contributed by atoms with van der Waals surface area (Å²) in [6.45, 7) is 0. The molecule has 5 heteroatoms. The standard InChI is InChI=1S/C12H18N2O3/c15-11-7-9(8-12(16)17)13-14(11)10-5-3-1-2-4-6-10/h10H,1-8H2,(H,16,17). The zero-order chi connectivity index (χ0) is 12.3. The molecular weight excluding hydrogens is 220 g/mol. The van der Waals surface area contributed by atoms with Crippen LogP contribution in [0.2, 0.25) is 0 Å². The number of hydrazone groups is 1. The van der Waals surface area contributed by atoms with Crippen LogP contribution >= 0.6 is 0 Å². The predicted molar refractivity (Wildman–Crippen MR) is 62.6 cm³/mol. The van der Waals surface area contributed by atoms with Crippen LogP contribution in [0.1, 0.15) is 51.4 Å². The Balaban J connectivity index is 2.01. The first kappa shape index (κ1) is 12.1. The number of carbonyl (C=O) groups excluding carboxylic acids is 1. The summed E-state index contributed by atoms with van der Waals surface area (Å²) in [6, 6.07) is 0.191. The number of hydrogen-bond acceptors (Lipinski definition) is 3. The van der Waals surface area contributed by atoms with Gasteiger partial charge in [0, 0.05) is 0 Å². The first-order valence-electron chi connectivity index (χ1n) is 6.27. The molecular formula is C12H18N2O3. The van der Waals surface area contributed by atoms with Crippen LogP contribution in [-0.2, 0) is 9.59 Å². The fraction of sp³-hybridized carbons (Fsp3) is 0.750. The van der Waals surface area contributed by atoms with Crippen molar-refractivity contribution in [1.29, 1.82) is 0 Å². The summed E-state index contributed by atoms with van der Waals surface area (Å²) in [6.07, 6.45) is 6.79. The van der Waals surface area contributed by atoms with Crippen molar-refractivity contribution in [3.8, 4) is 0 Å². The molecule has 17 heavy (non-hydrogen) atoms. The van der Waals surface area contributed by atoms with E-state index in [1.54, 1.807) is 5.01 Å². The summed E-state index contributed by atoms with van der Waals surface area (Å²) >= 11 is 0. The molecule has 0 unspecified atom stereocenters. The smallest absolute Gasteiger partial charge is 0.309 e. The molecule has 1 saturated carbocycles. The highest BCUT2D eigenvalue weighted by atomic mass is 16.4. The van der Waals surface area contributed by atoms with Crippen molar-refractivity contribution in [3.63, 3.8) is 0 Å². The molecule has 1 fully saturated rings. The zero-order valence-electron chi connectivity index (χ0n) is 9.89. The summed E-state index contributed by atoms with van der Waals surface area (Å²) in [5.41, 5.74) is 0.492. The van der Waals surface area contributed by atoms with Crippen molar-refractivity contribution in [3.05, 3.63) is 0 Å². The maximum atomic E-state index is 11.8. The fourth-order valence-corrected chi connectivity index (χ4v) is 2.56. The minimum atomic E-state index is -0.917. The van der Waals surface area contributed by atoms with Crippen molar-refractivity contribution < 1.29 is 14.7 Å². The minimum absolute atomic E-state index is 0.0341. The van der Waals surface area contributed by atoms with E-state index in [1.807, 2.05) is 0 Å². The van der Waals surface area contributed by atoms with Crippen LogP contribution in [0.3, 0.4) is 0 Å². The Morgan fingerprint density at radius 1 is 1.29 bits per heavy atom. The lowest BCUT2D eigenvalue weighted by Gasteiger charge is -2.22. The second kappa shape index (κ2) is 5.29. The van der Waals surface area contributed by atoms with Crippen molar-refractivity contribution >= 4 is 17.6 Å². The molecule has 1 heterocycles. The molecule has 0 aromatic heterocycles. The van der Waals surface area contributed by atoms with Crippen molar-refractivity contribution in [2.75, 3.05) is 0 Å². The van der Waals surface area contributed by atoms with E-state index >= 15 is 0 Å². The van der Waals surface area contributed by atoms with Gasteiger partial charge in [-0.25, -0.2) is 5.01 Å². The Morgan fingerprint density at radius 2 is 1.94 bits per heavy atom. The highest BCUT2D eigenvalue weighted by Crippen LogP contribution is 2.25. The van der Waals surface area contributed by atoms with Crippen LogP contribution in [0.5, 0.6) is 0 Å². The molecule has 0 bridgehead atoms. The first-order chi connectivity index (χ1) is 8.16. The second-order valence-electron chi connectivity index (χ2n) is 4.80. The zero-order valence-corrected chi connectivity index (χ0v) is 9.89. The van der Waals surface area contributed by atoms with Gasteiger partial charge in [-0.1, -0.05) is 25.7 Å². The highest BCUT2D eigenvalue weighted by molar-refractivity contribution is 6.10. The van der Waals surface area contributed by atoms with E-state index in [4.69, 9.17) is 5.11 Å². The second-order valence-corrected chi connectivity index (χ2v) is 4.80. The molecule has 1 amide bonds. The SMILES string of the molecule is O=C(O)CC1=NN(C2CCCCCC2)C(=O)C1. The molecule has 0 radical (unpaired) electrons. The van der Waals surface area contributed by atoms with Crippen molar-refractivity contribution in [1.82, 2.24) is 5.01 Å². The Labute approximate surface area is 100 Å². The topological polar surface area (TPSA) is 70.0 Å². The lowest BCUT2D eigenvalue weighted by atomic mass is 10.1. The summed E-state index contributed by atoms with van der Waals surface area (Å²) in [4.78, 5) is 22.4. The molecule has 94 valence electrons. The van der Waals surface area contributed by atoms with Gasteiger partial charge in [0.2, 0.25) is 5.91 Å². The van der Waals surface area contributed by atoms with Gasteiger partial charge in [-0.2, -0.15) is 5.10 Å². The number of aliphatic carboxylic acids is 1. The van der Waals surface area contributed by atoms with Gasteiger partial charge >= 0.3 is 5.97 Å². The molecule has 0 atom stereocenters. The quantitative estimate of drug-likeness (QED) is 0.762. The van der Waals surface area contributed by atoms with Gasteiger partial charge in [0.15, 0.2) is 0 Å². The highest BCUT2D eigenvalue weighted by Gasteiger charge is 2.31. The molecule has 5 nitrogen and oxygen atoms in total. The van der Waals surface area contributed by atoms with Gasteiger partial charge in [0.1, 0.15) is 0 Å². The average Bonchev–Trinajstić information content (AvgIpc) is 2.52. The number of carboxylic acids is 1. The van der Waals surface area contributed by atoms with Crippen LogP contribution in [0.4, 0.5) is 0 Å². The van der Waals surface area contributed by atoms with E-state index in [9.17, 15) is 9.59 Å². The molecule has 0 saturated heterocycles. The number of nitrogens with zero attached hydrogens (tertiary/aromatic N) is 2. The van der Waals surface area contributed by atoms with Gasteiger partial charge in [-0.05, 0) is 12.8 Å². The van der Waals surface area contributed by atoms with E-state index < -0.39 is 5.97 Å². The summed E-state index contributed by atoms with van der Waals surface area (Å²) in [7, 11) is 0. The number of rotatable bonds is 3. The van der Waals surface area contributed by atoms with Gasteiger partial charge in [-0.15, -0.1) is 0 Å². The molecule has 0 spiro atoms. The van der Waals surface area contributed by atoms with Gasteiger partial charge in [-0.3, -0.25) is 9.59 Å². The molecule has 2 aliphatic rings. The van der Waals surface area contributed by atoms with Crippen molar-refractivity contribution in [2.24, 2.45) is 5.10 Å². The molecule has 1 aliphatic carbocycles. The van der Waals surface area contributed by atoms with E-state index in [0.717, 1.165) is 25.7 Å². The average molecular weight is 238 g/mol. The number of carboxylic acid groups (broad SMARTS) is 1. The molecule has 0 aromatic rings. The first-order valence-corrected chi connectivity index (χ1v) is 6.27. The Morgan fingerprint density at radius 3 is 2.53 bits per heavy atom. The predicted octanol–water partition coefficient (Wildman–Crippen LogP) is 1.77. The van der Waals surface area contributed by atoms with E-state index in [-0.39, 0.29) is 24.8 Å². The Kier molecular flexibility index (Phi) is 3.76. The van der Waals surface area contributed by atoms with E-state index in [1.165, 1.54) is 12.8 Å². The van der Waals surface area contributed by atoms with Crippen LogP contribution in [0.15, 0.2) is 5.10 Å². The van der Waals surface area contributed by atoms with Crippen LogP contribution in [0.25, 0.3) is 0 Å². The molecule has 1 aliphatic heterocycles. The van der Waals surface area contributed by atoms with Gasteiger partial charge in [0.05, 0.1) is 24.6 Å². The summed E-state index contributed by atoms with van der Waals surface area (Å²) in [5, 5.41) is 14.4. The minimum Gasteiger partial charge on any atom is -0.481 e. The van der Waals surface area contributed by atoms with Gasteiger partial charge in [0.25, 0.3) is 0 Å². The fourth-order valence-electron chi connectivity index (χ4n) is 2.56.